The molecule has 1 fully saturated rings. The zero-order valence-corrected chi connectivity index (χ0v) is 14.2. The molecule has 0 radical (unpaired) electrons. The Morgan fingerprint density at radius 2 is 1.87 bits per heavy atom. The molecule has 1 aromatic carbocycles. The van der Waals surface area contributed by atoms with Gasteiger partial charge in [-0.3, -0.25) is 4.79 Å². The van der Waals surface area contributed by atoms with E-state index in [4.69, 9.17) is 16.3 Å². The van der Waals surface area contributed by atoms with Gasteiger partial charge >= 0.3 is 6.09 Å². The molecule has 2 rings (SSSR count). The number of nitrogens with one attached hydrogen (secondary N) is 1. The Balaban J connectivity index is 1.80. The lowest BCUT2D eigenvalue weighted by Gasteiger charge is -2.34. The number of rotatable bonds is 4. The molecule has 1 aliphatic heterocycles. The first-order valence-electron chi connectivity index (χ1n) is 7.70. The Morgan fingerprint density at radius 3 is 2.48 bits per heavy atom. The predicted octanol–water partition coefficient (Wildman–Crippen LogP) is 2.36. The minimum absolute atomic E-state index is 0.00912. The molecule has 126 valence electrons. The van der Waals surface area contributed by atoms with Crippen LogP contribution >= 0.6 is 11.6 Å². The molecule has 7 heteroatoms. The lowest BCUT2D eigenvalue weighted by atomic mass is 10.2. The van der Waals surface area contributed by atoms with Crippen LogP contribution in [0.4, 0.5) is 10.5 Å². The average Bonchev–Trinajstić information content (AvgIpc) is 2.54. The Kier molecular flexibility index (Phi) is 6.10. The first-order chi connectivity index (χ1) is 11.0. The second-order valence-corrected chi connectivity index (χ2v) is 5.81. The van der Waals surface area contributed by atoms with Crippen LogP contribution in [0.1, 0.15) is 12.5 Å². The topological polar surface area (TPSA) is 61.9 Å². The third-order valence-electron chi connectivity index (χ3n) is 3.71. The summed E-state index contributed by atoms with van der Waals surface area (Å²) in [7, 11) is 0. The van der Waals surface area contributed by atoms with Gasteiger partial charge in [-0.1, -0.05) is 17.7 Å². The van der Waals surface area contributed by atoms with Crippen LogP contribution in [-0.4, -0.2) is 61.1 Å². The number of anilines is 1. The minimum Gasteiger partial charge on any atom is -0.450 e. The largest absolute Gasteiger partial charge is 0.450 e. The fourth-order valence-corrected chi connectivity index (χ4v) is 2.70. The highest BCUT2D eigenvalue weighted by molar-refractivity contribution is 6.33. The summed E-state index contributed by atoms with van der Waals surface area (Å²) in [6, 6.07) is 5.66. The summed E-state index contributed by atoms with van der Waals surface area (Å²) in [4.78, 5) is 27.2. The van der Waals surface area contributed by atoms with Crippen molar-refractivity contribution in [3.63, 3.8) is 0 Å². The summed E-state index contributed by atoms with van der Waals surface area (Å²) in [6.07, 6.45) is -0.316. The number of hydrogen-bond donors (Lipinski definition) is 1. The Hall–Kier alpha value is -1.95. The average molecular weight is 340 g/mol. The smallest absolute Gasteiger partial charge is 0.409 e. The van der Waals surface area contributed by atoms with Crippen molar-refractivity contribution in [1.82, 2.24) is 9.80 Å². The first kappa shape index (κ1) is 17.4. The van der Waals surface area contributed by atoms with Crippen LogP contribution in [0, 0.1) is 6.92 Å². The molecule has 1 aliphatic rings. The van der Waals surface area contributed by atoms with Crippen molar-refractivity contribution in [2.24, 2.45) is 0 Å². The van der Waals surface area contributed by atoms with E-state index in [1.165, 1.54) is 0 Å². The number of halogens is 1. The number of carbonyl (C=O) groups excluding carboxylic acids is 2. The van der Waals surface area contributed by atoms with Crippen LogP contribution in [0.5, 0.6) is 0 Å². The lowest BCUT2D eigenvalue weighted by molar-refractivity contribution is -0.130. The molecule has 23 heavy (non-hydrogen) atoms. The van der Waals surface area contributed by atoms with Crippen molar-refractivity contribution < 1.29 is 14.3 Å². The summed E-state index contributed by atoms with van der Waals surface area (Å²) in [5, 5.41) is 3.66. The predicted molar refractivity (Wildman–Crippen MR) is 89.9 cm³/mol. The van der Waals surface area contributed by atoms with Crippen molar-refractivity contribution in [2.75, 3.05) is 44.6 Å². The van der Waals surface area contributed by atoms with E-state index in [-0.39, 0.29) is 18.5 Å². The molecule has 0 aromatic heterocycles. The van der Waals surface area contributed by atoms with E-state index in [9.17, 15) is 9.59 Å². The Bertz CT molecular complexity index is 572. The van der Waals surface area contributed by atoms with E-state index in [0.717, 1.165) is 11.3 Å². The molecule has 1 N–H and O–H groups in total. The SMILES string of the molecule is CCOC(=O)N1CCN(C(=O)CNc2ccc(C)cc2Cl)CC1. The quantitative estimate of drug-likeness (QED) is 0.914. The maximum atomic E-state index is 12.2. The Morgan fingerprint density at radius 1 is 1.22 bits per heavy atom. The second-order valence-electron chi connectivity index (χ2n) is 5.40. The number of piperazine rings is 1. The van der Waals surface area contributed by atoms with Crippen molar-refractivity contribution in [2.45, 2.75) is 13.8 Å². The standard InChI is InChI=1S/C16H22ClN3O3/c1-3-23-16(22)20-8-6-19(7-9-20)15(21)11-18-14-5-4-12(2)10-13(14)17/h4-5,10,18H,3,6-9,11H2,1-2H3. The van der Waals surface area contributed by atoms with Crippen LogP contribution in [0.2, 0.25) is 5.02 Å². The van der Waals surface area contributed by atoms with Crippen LogP contribution in [0.15, 0.2) is 18.2 Å². The molecule has 6 nitrogen and oxygen atoms in total. The van der Waals surface area contributed by atoms with E-state index in [1.54, 1.807) is 16.7 Å². The molecular formula is C16H22ClN3O3. The number of benzene rings is 1. The van der Waals surface area contributed by atoms with Gasteiger partial charge in [-0.2, -0.15) is 0 Å². The van der Waals surface area contributed by atoms with Crippen molar-refractivity contribution in [1.29, 1.82) is 0 Å². The maximum Gasteiger partial charge on any atom is 0.409 e. The minimum atomic E-state index is -0.316. The molecule has 1 saturated heterocycles. The molecule has 0 spiro atoms. The van der Waals surface area contributed by atoms with Gasteiger partial charge in [-0.15, -0.1) is 0 Å². The summed E-state index contributed by atoms with van der Waals surface area (Å²) in [5.41, 5.74) is 1.82. The number of aryl methyl sites for hydroxylation is 1. The first-order valence-corrected chi connectivity index (χ1v) is 8.08. The number of hydrogen-bond acceptors (Lipinski definition) is 4. The van der Waals surface area contributed by atoms with Crippen molar-refractivity contribution in [3.05, 3.63) is 28.8 Å². The fourth-order valence-electron chi connectivity index (χ4n) is 2.40. The second kappa shape index (κ2) is 8.06. The van der Waals surface area contributed by atoms with Crippen molar-refractivity contribution >= 4 is 29.3 Å². The number of carbonyl (C=O) groups is 2. The third kappa shape index (κ3) is 4.76. The van der Waals surface area contributed by atoms with Gasteiger partial charge in [-0.25, -0.2) is 4.79 Å². The van der Waals surface area contributed by atoms with Crippen LogP contribution < -0.4 is 5.32 Å². The van der Waals surface area contributed by atoms with Gasteiger partial charge in [0.05, 0.1) is 23.9 Å². The molecule has 0 aliphatic carbocycles. The summed E-state index contributed by atoms with van der Waals surface area (Å²) in [6.45, 7) is 6.30. The van der Waals surface area contributed by atoms with Crippen LogP contribution in [0.3, 0.4) is 0 Å². The molecule has 0 saturated carbocycles. The van der Waals surface area contributed by atoms with Gasteiger partial charge in [0, 0.05) is 26.2 Å². The van der Waals surface area contributed by atoms with Gasteiger partial charge < -0.3 is 19.9 Å². The summed E-state index contributed by atoms with van der Waals surface area (Å²) in [5.74, 6) is -0.00912. The molecular weight excluding hydrogens is 318 g/mol. The van der Waals surface area contributed by atoms with E-state index in [0.29, 0.717) is 37.8 Å². The summed E-state index contributed by atoms with van der Waals surface area (Å²) >= 11 is 6.14. The maximum absolute atomic E-state index is 12.2. The fraction of sp³-hybridized carbons (Fsp3) is 0.500. The number of amides is 2. The van der Waals surface area contributed by atoms with E-state index >= 15 is 0 Å². The van der Waals surface area contributed by atoms with Gasteiger partial charge in [-0.05, 0) is 31.5 Å². The van der Waals surface area contributed by atoms with E-state index in [2.05, 4.69) is 5.32 Å². The highest BCUT2D eigenvalue weighted by Gasteiger charge is 2.24. The Labute approximate surface area is 141 Å². The molecule has 2 amide bonds. The zero-order valence-electron chi connectivity index (χ0n) is 13.5. The number of ether oxygens (including phenoxy) is 1. The van der Waals surface area contributed by atoms with E-state index < -0.39 is 0 Å². The molecule has 0 unspecified atom stereocenters. The number of nitrogens with zero attached hydrogens (tertiary/aromatic N) is 2. The molecule has 1 aromatic rings. The summed E-state index contributed by atoms with van der Waals surface area (Å²) < 4.78 is 4.96. The third-order valence-corrected chi connectivity index (χ3v) is 4.03. The highest BCUT2D eigenvalue weighted by Crippen LogP contribution is 2.22. The van der Waals surface area contributed by atoms with E-state index in [1.807, 2.05) is 25.1 Å². The molecule has 0 bridgehead atoms. The van der Waals surface area contributed by atoms with Crippen LogP contribution in [-0.2, 0) is 9.53 Å². The van der Waals surface area contributed by atoms with Crippen LogP contribution in [0.25, 0.3) is 0 Å². The highest BCUT2D eigenvalue weighted by atomic mass is 35.5. The van der Waals surface area contributed by atoms with Gasteiger partial charge in [0.2, 0.25) is 5.91 Å². The monoisotopic (exact) mass is 339 g/mol. The van der Waals surface area contributed by atoms with Gasteiger partial charge in [0.15, 0.2) is 0 Å². The molecule has 1 heterocycles. The van der Waals surface area contributed by atoms with Gasteiger partial charge in [0.25, 0.3) is 0 Å². The zero-order chi connectivity index (χ0) is 16.8. The van der Waals surface area contributed by atoms with Gasteiger partial charge in [0.1, 0.15) is 0 Å². The van der Waals surface area contributed by atoms with Crippen molar-refractivity contribution in [3.8, 4) is 0 Å². The lowest BCUT2D eigenvalue weighted by Crippen LogP contribution is -2.51. The normalized spacial score (nSPS) is 14.6. The molecule has 0 atom stereocenters.